The molecule has 2 N–H and O–H groups in total. The van der Waals surface area contributed by atoms with Crippen LogP contribution >= 0.6 is 0 Å². The minimum atomic E-state index is -0.950. The van der Waals surface area contributed by atoms with Gasteiger partial charge in [-0.05, 0) is 62.3 Å². The number of unbranched alkanes of at least 4 members (excludes halogenated alkanes) is 1. The van der Waals surface area contributed by atoms with E-state index < -0.39 is 36.0 Å². The molecule has 0 atom stereocenters. The molecule has 1 aliphatic heterocycles. The van der Waals surface area contributed by atoms with Crippen molar-refractivity contribution in [2.75, 3.05) is 13.2 Å². The van der Waals surface area contributed by atoms with Crippen molar-refractivity contribution in [3.8, 4) is 5.75 Å². The summed E-state index contributed by atoms with van der Waals surface area (Å²) in [5.41, 5.74) is 1.56. The van der Waals surface area contributed by atoms with Gasteiger partial charge in [0, 0.05) is 0 Å². The molecule has 1 spiro atoms. The molecule has 1 heterocycles. The molecule has 1 saturated heterocycles. The summed E-state index contributed by atoms with van der Waals surface area (Å²) >= 11 is 0. The average molecular weight is 431 g/mol. The fourth-order valence-corrected chi connectivity index (χ4v) is 3.71. The second-order valence-electron chi connectivity index (χ2n) is 8.17. The lowest BCUT2D eigenvalue weighted by Gasteiger charge is -2.33. The number of benzene rings is 1. The van der Waals surface area contributed by atoms with Gasteiger partial charge in [-0.25, -0.2) is 9.59 Å². The van der Waals surface area contributed by atoms with Gasteiger partial charge in [-0.15, -0.1) is 0 Å². The van der Waals surface area contributed by atoms with Gasteiger partial charge in [0.1, 0.15) is 11.3 Å². The maximum atomic E-state index is 12.7. The fourth-order valence-electron chi connectivity index (χ4n) is 3.71. The van der Waals surface area contributed by atoms with Gasteiger partial charge in [-0.1, -0.05) is 20.3 Å². The van der Waals surface area contributed by atoms with Crippen LogP contribution in [0.25, 0.3) is 0 Å². The van der Waals surface area contributed by atoms with Gasteiger partial charge in [0.15, 0.2) is 6.61 Å². The second kappa shape index (κ2) is 9.80. The third kappa shape index (κ3) is 5.34. The highest BCUT2D eigenvalue weighted by Crippen LogP contribution is 2.35. The number of urea groups is 1. The van der Waals surface area contributed by atoms with Crippen molar-refractivity contribution in [3.63, 3.8) is 0 Å². The van der Waals surface area contributed by atoms with E-state index in [-0.39, 0.29) is 5.56 Å². The number of amides is 4. The van der Waals surface area contributed by atoms with Crippen molar-refractivity contribution in [2.24, 2.45) is 5.92 Å². The Morgan fingerprint density at radius 2 is 1.87 bits per heavy atom. The molecule has 9 nitrogen and oxygen atoms in total. The van der Waals surface area contributed by atoms with Gasteiger partial charge in [0.2, 0.25) is 0 Å². The van der Waals surface area contributed by atoms with Crippen LogP contribution in [-0.2, 0) is 14.3 Å². The van der Waals surface area contributed by atoms with Gasteiger partial charge >= 0.3 is 12.0 Å². The molecule has 1 saturated carbocycles. The maximum absolute atomic E-state index is 12.7. The van der Waals surface area contributed by atoms with Crippen LogP contribution in [0.15, 0.2) is 24.3 Å². The number of rotatable bonds is 8. The van der Waals surface area contributed by atoms with E-state index in [1.165, 1.54) is 0 Å². The number of esters is 1. The van der Waals surface area contributed by atoms with Gasteiger partial charge in [-0.2, -0.15) is 5.01 Å². The SMILES string of the molecule is CCCCOc1ccc(C(=O)OCC(=O)NN2C(=O)NC3(CCC(C)CC3)C2=O)cc1. The monoisotopic (exact) mass is 431 g/mol. The first-order valence-electron chi connectivity index (χ1n) is 10.7. The summed E-state index contributed by atoms with van der Waals surface area (Å²) in [6, 6.07) is 5.74. The summed E-state index contributed by atoms with van der Waals surface area (Å²) in [5, 5.41) is 3.40. The molecule has 2 aliphatic rings. The van der Waals surface area contributed by atoms with Crippen molar-refractivity contribution in [1.29, 1.82) is 0 Å². The lowest BCUT2D eigenvalue weighted by Crippen LogP contribution is -2.52. The van der Waals surface area contributed by atoms with Crippen LogP contribution in [0.3, 0.4) is 0 Å². The zero-order chi connectivity index (χ0) is 22.4. The van der Waals surface area contributed by atoms with Crippen molar-refractivity contribution in [1.82, 2.24) is 15.8 Å². The van der Waals surface area contributed by atoms with E-state index in [0.717, 1.165) is 25.7 Å². The first kappa shape index (κ1) is 22.6. The summed E-state index contributed by atoms with van der Waals surface area (Å²) in [6.07, 6.45) is 4.70. The summed E-state index contributed by atoms with van der Waals surface area (Å²) < 4.78 is 10.5. The molecule has 31 heavy (non-hydrogen) atoms. The van der Waals surface area contributed by atoms with Crippen LogP contribution in [-0.4, -0.2) is 47.6 Å². The molecule has 4 amide bonds. The fraction of sp³-hybridized carbons (Fsp3) is 0.545. The Morgan fingerprint density at radius 3 is 2.52 bits per heavy atom. The van der Waals surface area contributed by atoms with Crippen LogP contribution in [0.2, 0.25) is 0 Å². The number of hydrogen-bond donors (Lipinski definition) is 2. The highest BCUT2D eigenvalue weighted by Gasteiger charge is 2.52. The average Bonchev–Trinajstić information content (AvgIpc) is 2.99. The maximum Gasteiger partial charge on any atom is 0.344 e. The Hall–Kier alpha value is -3.10. The summed E-state index contributed by atoms with van der Waals surface area (Å²) in [5.74, 6) is -0.784. The number of imide groups is 1. The number of nitrogens with one attached hydrogen (secondary N) is 2. The summed E-state index contributed by atoms with van der Waals surface area (Å²) in [4.78, 5) is 49.3. The molecule has 1 aromatic rings. The van der Waals surface area contributed by atoms with E-state index in [0.29, 0.717) is 36.1 Å². The predicted octanol–water partition coefficient (Wildman–Crippen LogP) is 2.55. The van der Waals surface area contributed by atoms with E-state index in [1.54, 1.807) is 24.3 Å². The van der Waals surface area contributed by atoms with E-state index in [1.807, 2.05) is 0 Å². The molecular weight excluding hydrogens is 402 g/mol. The normalized spacial score (nSPS) is 22.9. The zero-order valence-corrected chi connectivity index (χ0v) is 17.9. The van der Waals surface area contributed by atoms with Gasteiger partial charge in [0.05, 0.1) is 12.2 Å². The molecule has 0 aromatic heterocycles. The molecule has 9 heteroatoms. The zero-order valence-electron chi connectivity index (χ0n) is 17.9. The number of nitrogens with zero attached hydrogens (tertiary/aromatic N) is 1. The third-order valence-corrected chi connectivity index (χ3v) is 5.72. The molecule has 2 fully saturated rings. The van der Waals surface area contributed by atoms with Crippen LogP contribution in [0.4, 0.5) is 4.79 Å². The molecular formula is C22H29N3O6. The van der Waals surface area contributed by atoms with E-state index >= 15 is 0 Å². The van der Waals surface area contributed by atoms with Crippen molar-refractivity contribution in [3.05, 3.63) is 29.8 Å². The summed E-state index contributed by atoms with van der Waals surface area (Å²) in [7, 11) is 0. The molecule has 0 unspecified atom stereocenters. The molecule has 1 aliphatic carbocycles. The number of hydrazine groups is 1. The molecule has 0 bridgehead atoms. The third-order valence-electron chi connectivity index (χ3n) is 5.72. The van der Waals surface area contributed by atoms with Crippen molar-refractivity contribution in [2.45, 2.75) is 57.9 Å². The Balaban J connectivity index is 1.48. The Labute approximate surface area is 181 Å². The highest BCUT2D eigenvalue weighted by atomic mass is 16.5. The number of carbonyl (C=O) groups is 4. The largest absolute Gasteiger partial charge is 0.494 e. The Morgan fingerprint density at radius 1 is 1.19 bits per heavy atom. The highest BCUT2D eigenvalue weighted by molar-refractivity contribution is 6.08. The molecule has 168 valence electrons. The standard InChI is InChI=1S/C22H29N3O6/c1-3-4-13-30-17-7-5-16(6-8-17)19(27)31-14-18(26)24-25-20(28)22(23-21(25)29)11-9-15(2)10-12-22/h5-8,15H,3-4,9-14H2,1-2H3,(H,23,29)(H,24,26). The van der Waals surface area contributed by atoms with Crippen molar-refractivity contribution < 1.29 is 28.7 Å². The quantitative estimate of drug-likeness (QED) is 0.371. The van der Waals surface area contributed by atoms with Gasteiger partial charge in [-0.3, -0.25) is 15.0 Å². The van der Waals surface area contributed by atoms with E-state index in [9.17, 15) is 19.2 Å². The number of ether oxygens (including phenoxy) is 2. The Kier molecular flexibility index (Phi) is 7.14. The predicted molar refractivity (Wildman–Crippen MR) is 111 cm³/mol. The van der Waals surface area contributed by atoms with Crippen LogP contribution in [0.5, 0.6) is 5.75 Å². The smallest absolute Gasteiger partial charge is 0.344 e. The minimum absolute atomic E-state index is 0.265. The van der Waals surface area contributed by atoms with E-state index in [2.05, 4.69) is 24.6 Å². The molecule has 3 rings (SSSR count). The van der Waals surface area contributed by atoms with Gasteiger partial charge < -0.3 is 14.8 Å². The van der Waals surface area contributed by atoms with Gasteiger partial charge in [0.25, 0.3) is 11.8 Å². The number of hydrogen-bond acceptors (Lipinski definition) is 6. The minimum Gasteiger partial charge on any atom is -0.494 e. The van der Waals surface area contributed by atoms with Crippen LogP contribution < -0.4 is 15.5 Å². The van der Waals surface area contributed by atoms with Crippen molar-refractivity contribution >= 4 is 23.8 Å². The molecule has 0 radical (unpaired) electrons. The molecule has 1 aromatic carbocycles. The Bertz CT molecular complexity index is 830. The lowest BCUT2D eigenvalue weighted by atomic mass is 9.77. The first-order valence-corrected chi connectivity index (χ1v) is 10.7. The van der Waals surface area contributed by atoms with Crippen LogP contribution in [0, 0.1) is 5.92 Å². The lowest BCUT2D eigenvalue weighted by molar-refractivity contribution is -0.141. The topological polar surface area (TPSA) is 114 Å². The second-order valence-corrected chi connectivity index (χ2v) is 8.17. The summed E-state index contributed by atoms with van der Waals surface area (Å²) in [6.45, 7) is 4.16. The van der Waals surface area contributed by atoms with E-state index in [4.69, 9.17) is 9.47 Å². The van der Waals surface area contributed by atoms with Crippen LogP contribution in [0.1, 0.15) is 62.7 Å². The number of carbonyl (C=O) groups excluding carboxylic acids is 4. The first-order chi connectivity index (χ1) is 14.8.